The van der Waals surface area contributed by atoms with Crippen molar-refractivity contribution in [1.82, 2.24) is 14.9 Å². The molecule has 0 unspecified atom stereocenters. The summed E-state index contributed by atoms with van der Waals surface area (Å²) >= 11 is 0. The first-order valence-electron chi connectivity index (χ1n) is 5.56. The number of nitriles is 1. The normalized spacial score (nSPS) is 10.1. The van der Waals surface area contributed by atoms with E-state index in [9.17, 15) is 0 Å². The molecule has 92 valence electrons. The predicted octanol–water partition coefficient (Wildman–Crippen LogP) is 2.28. The summed E-state index contributed by atoms with van der Waals surface area (Å²) in [7, 11) is 0. The molecule has 1 N–H and O–H groups in total. The molecule has 0 radical (unpaired) electrons. The van der Waals surface area contributed by atoms with Crippen LogP contribution in [0, 0.1) is 11.3 Å². The molecule has 0 aliphatic rings. The van der Waals surface area contributed by atoms with Crippen molar-refractivity contribution in [2.75, 3.05) is 5.43 Å². The average Bonchev–Trinajstić information content (AvgIpc) is 3.11. The molecule has 19 heavy (non-hydrogen) atoms. The van der Waals surface area contributed by atoms with Crippen LogP contribution in [0.3, 0.4) is 0 Å². The van der Waals surface area contributed by atoms with Crippen LogP contribution < -0.4 is 5.43 Å². The third kappa shape index (κ3) is 2.17. The van der Waals surface area contributed by atoms with Gasteiger partial charge in [-0.3, -0.25) is 5.43 Å². The fraction of sp³-hybridized carbons (Fsp3) is 0. The highest BCUT2D eigenvalue weighted by Crippen LogP contribution is 2.27. The summed E-state index contributed by atoms with van der Waals surface area (Å²) in [6, 6.07) is 11.2. The van der Waals surface area contributed by atoms with E-state index in [4.69, 9.17) is 9.68 Å². The Kier molecular flexibility index (Phi) is 2.71. The lowest BCUT2D eigenvalue weighted by atomic mass is 10.1. The predicted molar refractivity (Wildman–Crippen MR) is 67.9 cm³/mol. The second kappa shape index (κ2) is 4.66. The third-order valence-corrected chi connectivity index (χ3v) is 2.60. The van der Waals surface area contributed by atoms with Gasteiger partial charge in [0.2, 0.25) is 0 Å². The summed E-state index contributed by atoms with van der Waals surface area (Å²) in [4.78, 5) is 0. The van der Waals surface area contributed by atoms with Gasteiger partial charge >= 0.3 is 0 Å². The van der Waals surface area contributed by atoms with Crippen LogP contribution in [0.5, 0.6) is 0 Å². The van der Waals surface area contributed by atoms with Crippen molar-refractivity contribution >= 4 is 5.69 Å². The van der Waals surface area contributed by atoms with Crippen molar-refractivity contribution in [2.24, 2.45) is 0 Å². The van der Waals surface area contributed by atoms with Gasteiger partial charge in [-0.1, -0.05) is 0 Å². The number of rotatable bonds is 3. The van der Waals surface area contributed by atoms with E-state index in [1.807, 2.05) is 18.2 Å². The maximum Gasteiger partial charge on any atom is 0.139 e. The zero-order valence-corrected chi connectivity index (χ0v) is 9.82. The molecule has 6 nitrogen and oxygen atoms in total. The molecule has 0 bridgehead atoms. The van der Waals surface area contributed by atoms with Crippen LogP contribution in [0.4, 0.5) is 5.69 Å². The van der Waals surface area contributed by atoms with Crippen LogP contribution in [-0.2, 0) is 0 Å². The van der Waals surface area contributed by atoms with Gasteiger partial charge in [0.05, 0.1) is 23.6 Å². The standard InChI is InChI=1S/C13H9N5O/c14-7-10-3-4-11(17-18-8-15-16-9-18)6-12(10)13-2-1-5-19-13/h1-6,8-9,17H. The smallest absolute Gasteiger partial charge is 0.139 e. The van der Waals surface area contributed by atoms with Crippen LogP contribution in [0.1, 0.15) is 5.56 Å². The van der Waals surface area contributed by atoms with Gasteiger partial charge < -0.3 is 4.42 Å². The fourth-order valence-corrected chi connectivity index (χ4v) is 1.75. The van der Waals surface area contributed by atoms with E-state index in [0.29, 0.717) is 11.3 Å². The lowest BCUT2D eigenvalue weighted by molar-refractivity contribution is 0.582. The zero-order chi connectivity index (χ0) is 13.1. The number of aromatic nitrogens is 3. The van der Waals surface area contributed by atoms with Gasteiger partial charge in [0.15, 0.2) is 0 Å². The topological polar surface area (TPSA) is 79.7 Å². The van der Waals surface area contributed by atoms with Gasteiger partial charge in [0.1, 0.15) is 18.4 Å². The monoisotopic (exact) mass is 251 g/mol. The summed E-state index contributed by atoms with van der Waals surface area (Å²) in [6.45, 7) is 0. The Balaban J connectivity index is 2.00. The second-order valence-corrected chi connectivity index (χ2v) is 3.83. The molecule has 3 aromatic rings. The van der Waals surface area contributed by atoms with Gasteiger partial charge in [0, 0.05) is 5.56 Å². The second-order valence-electron chi connectivity index (χ2n) is 3.83. The SMILES string of the molecule is N#Cc1ccc(Nn2cnnc2)cc1-c1ccco1. The Bertz CT molecular complexity index is 710. The molecule has 0 aliphatic carbocycles. The van der Waals surface area contributed by atoms with Gasteiger partial charge in [-0.15, -0.1) is 10.2 Å². The van der Waals surface area contributed by atoms with E-state index in [1.165, 1.54) is 0 Å². The minimum Gasteiger partial charge on any atom is -0.464 e. The number of furan rings is 1. The summed E-state index contributed by atoms with van der Waals surface area (Å²) in [6.07, 6.45) is 4.67. The number of nitrogens with one attached hydrogen (secondary N) is 1. The summed E-state index contributed by atoms with van der Waals surface area (Å²) in [5, 5.41) is 16.5. The number of nitrogens with zero attached hydrogens (tertiary/aromatic N) is 4. The first-order chi connectivity index (χ1) is 9.36. The summed E-state index contributed by atoms with van der Waals surface area (Å²) in [5.41, 5.74) is 5.19. The number of hydrogen-bond acceptors (Lipinski definition) is 5. The molecule has 0 fully saturated rings. The fourth-order valence-electron chi connectivity index (χ4n) is 1.75. The molecule has 0 saturated carbocycles. The lowest BCUT2D eigenvalue weighted by Gasteiger charge is -2.08. The van der Waals surface area contributed by atoms with Crippen molar-refractivity contribution in [3.63, 3.8) is 0 Å². The van der Waals surface area contributed by atoms with Gasteiger partial charge in [0.25, 0.3) is 0 Å². The van der Waals surface area contributed by atoms with Crippen LogP contribution in [0.15, 0.2) is 53.7 Å². The van der Waals surface area contributed by atoms with Crippen molar-refractivity contribution in [1.29, 1.82) is 5.26 Å². The van der Waals surface area contributed by atoms with E-state index >= 15 is 0 Å². The summed E-state index contributed by atoms with van der Waals surface area (Å²) < 4.78 is 6.96. The van der Waals surface area contributed by atoms with E-state index < -0.39 is 0 Å². The molecule has 0 atom stereocenters. The van der Waals surface area contributed by atoms with Gasteiger partial charge in [-0.05, 0) is 30.3 Å². The molecule has 0 spiro atoms. The van der Waals surface area contributed by atoms with Crippen molar-refractivity contribution in [2.45, 2.75) is 0 Å². The van der Waals surface area contributed by atoms with E-state index in [2.05, 4.69) is 21.7 Å². The minimum absolute atomic E-state index is 0.559. The molecule has 2 aromatic heterocycles. The largest absolute Gasteiger partial charge is 0.464 e. The van der Waals surface area contributed by atoms with Crippen molar-refractivity contribution in [3.8, 4) is 17.4 Å². The van der Waals surface area contributed by atoms with Crippen molar-refractivity contribution < 1.29 is 4.42 Å². The number of hydrogen-bond donors (Lipinski definition) is 1. The third-order valence-electron chi connectivity index (χ3n) is 2.60. The average molecular weight is 251 g/mol. The molecule has 0 amide bonds. The van der Waals surface area contributed by atoms with Crippen LogP contribution in [-0.4, -0.2) is 14.9 Å². The van der Waals surface area contributed by atoms with E-state index in [0.717, 1.165) is 11.3 Å². The molecular formula is C13H9N5O. The molecule has 0 saturated heterocycles. The highest BCUT2D eigenvalue weighted by Gasteiger charge is 2.08. The minimum atomic E-state index is 0.559. The van der Waals surface area contributed by atoms with Gasteiger partial charge in [-0.25, -0.2) is 4.68 Å². The maximum absolute atomic E-state index is 9.13. The van der Waals surface area contributed by atoms with Crippen LogP contribution >= 0.6 is 0 Å². The quantitative estimate of drug-likeness (QED) is 0.772. The Labute approximate surface area is 108 Å². The first kappa shape index (κ1) is 11.0. The molecule has 6 heteroatoms. The van der Waals surface area contributed by atoms with Crippen LogP contribution in [0.2, 0.25) is 0 Å². The Hall–Kier alpha value is -3.07. The van der Waals surface area contributed by atoms with Gasteiger partial charge in [-0.2, -0.15) is 5.26 Å². The highest BCUT2D eigenvalue weighted by molar-refractivity contribution is 5.70. The highest BCUT2D eigenvalue weighted by atomic mass is 16.3. The van der Waals surface area contributed by atoms with Crippen molar-refractivity contribution in [3.05, 3.63) is 54.8 Å². The molecule has 0 aliphatic heterocycles. The zero-order valence-electron chi connectivity index (χ0n) is 9.82. The molecule has 2 heterocycles. The Morgan fingerprint density at radius 2 is 2.05 bits per heavy atom. The number of anilines is 1. The van der Waals surface area contributed by atoms with Crippen LogP contribution in [0.25, 0.3) is 11.3 Å². The summed E-state index contributed by atoms with van der Waals surface area (Å²) in [5.74, 6) is 0.656. The lowest BCUT2D eigenvalue weighted by Crippen LogP contribution is -2.06. The first-order valence-corrected chi connectivity index (χ1v) is 5.56. The maximum atomic E-state index is 9.13. The van der Waals surface area contributed by atoms with E-state index in [-0.39, 0.29) is 0 Å². The Morgan fingerprint density at radius 1 is 1.21 bits per heavy atom. The molecule has 1 aromatic carbocycles. The van der Waals surface area contributed by atoms with E-state index in [1.54, 1.807) is 35.7 Å². The number of benzene rings is 1. The molecular weight excluding hydrogens is 242 g/mol. The molecule has 3 rings (SSSR count). The Morgan fingerprint density at radius 3 is 2.74 bits per heavy atom.